The van der Waals surface area contributed by atoms with Crippen LogP contribution in [0.1, 0.15) is 38.5 Å². The Labute approximate surface area is 137 Å². The number of amides is 1. The van der Waals surface area contributed by atoms with Gasteiger partial charge >= 0.3 is 0 Å². The van der Waals surface area contributed by atoms with E-state index in [0.29, 0.717) is 32.6 Å². The number of halogens is 3. The van der Waals surface area contributed by atoms with Gasteiger partial charge < -0.3 is 16.0 Å². The molecule has 2 rings (SSSR count). The third-order valence-corrected chi connectivity index (χ3v) is 4.58. The van der Waals surface area contributed by atoms with E-state index < -0.39 is 5.92 Å². The number of piperidine rings is 1. The van der Waals surface area contributed by atoms with Crippen molar-refractivity contribution in [3.8, 4) is 0 Å². The van der Waals surface area contributed by atoms with E-state index >= 15 is 0 Å². The van der Waals surface area contributed by atoms with Crippen LogP contribution in [0.25, 0.3) is 0 Å². The van der Waals surface area contributed by atoms with Crippen molar-refractivity contribution in [2.24, 2.45) is 17.6 Å². The fourth-order valence-corrected chi connectivity index (χ4v) is 3.57. The minimum absolute atomic E-state index is 0. The summed E-state index contributed by atoms with van der Waals surface area (Å²) in [4.78, 5) is 14.2. The summed E-state index contributed by atoms with van der Waals surface area (Å²) in [5.74, 6) is -2.38. The first-order valence-corrected chi connectivity index (χ1v) is 8.08. The third-order valence-electron chi connectivity index (χ3n) is 4.58. The molecular weight excluding hydrogens is 312 g/mol. The molecule has 2 fully saturated rings. The molecule has 0 radical (unpaired) electrons. The van der Waals surface area contributed by atoms with Gasteiger partial charge in [0.25, 0.3) is 0 Å². The molecule has 0 aromatic heterocycles. The van der Waals surface area contributed by atoms with E-state index in [4.69, 9.17) is 5.73 Å². The number of nitrogens with two attached hydrogens (primary N) is 1. The lowest BCUT2D eigenvalue weighted by Gasteiger charge is -2.37. The molecule has 7 heteroatoms. The fraction of sp³-hybridized carbons (Fsp3) is 0.933. The summed E-state index contributed by atoms with van der Waals surface area (Å²) in [5, 5.41) is 2.83. The van der Waals surface area contributed by atoms with E-state index in [-0.39, 0.29) is 43.0 Å². The van der Waals surface area contributed by atoms with Crippen LogP contribution < -0.4 is 11.1 Å². The lowest BCUT2D eigenvalue weighted by molar-refractivity contribution is -0.127. The smallest absolute Gasteiger partial charge is 0.248 e. The predicted octanol–water partition coefficient (Wildman–Crippen LogP) is 2.02. The van der Waals surface area contributed by atoms with Crippen molar-refractivity contribution in [1.82, 2.24) is 10.2 Å². The Hall–Kier alpha value is -0.460. The molecule has 130 valence electrons. The van der Waals surface area contributed by atoms with Crippen molar-refractivity contribution in [2.45, 2.75) is 44.4 Å². The van der Waals surface area contributed by atoms with Gasteiger partial charge in [0.05, 0.1) is 5.92 Å². The monoisotopic (exact) mass is 339 g/mol. The number of nitrogens with one attached hydrogen (secondary N) is 1. The van der Waals surface area contributed by atoms with Crippen LogP contribution >= 0.6 is 12.4 Å². The largest absolute Gasteiger partial charge is 0.355 e. The second-order valence-corrected chi connectivity index (χ2v) is 6.50. The number of nitrogens with zero attached hydrogens (tertiary/aromatic N) is 1. The Morgan fingerprint density at radius 3 is 2.77 bits per heavy atom. The first kappa shape index (κ1) is 19.6. The number of alkyl halides is 2. The number of carbonyl (C=O) groups excluding carboxylic acids is 1. The maximum Gasteiger partial charge on any atom is 0.248 e. The van der Waals surface area contributed by atoms with Gasteiger partial charge in [-0.15, -0.1) is 12.4 Å². The normalized spacial score (nSPS) is 28.7. The molecule has 1 saturated heterocycles. The van der Waals surface area contributed by atoms with Gasteiger partial charge in [-0.2, -0.15) is 0 Å². The van der Waals surface area contributed by atoms with Gasteiger partial charge in [-0.25, -0.2) is 8.78 Å². The van der Waals surface area contributed by atoms with E-state index in [1.165, 1.54) is 0 Å². The Bertz CT molecular complexity index is 358. The van der Waals surface area contributed by atoms with Crippen LogP contribution in [0.4, 0.5) is 8.78 Å². The van der Waals surface area contributed by atoms with Crippen LogP contribution in [0.3, 0.4) is 0 Å². The predicted molar refractivity (Wildman–Crippen MR) is 85.4 cm³/mol. The van der Waals surface area contributed by atoms with Gasteiger partial charge in [0.15, 0.2) is 0 Å². The van der Waals surface area contributed by atoms with Crippen molar-refractivity contribution in [2.75, 3.05) is 32.7 Å². The van der Waals surface area contributed by atoms with E-state index in [0.717, 1.165) is 25.8 Å². The van der Waals surface area contributed by atoms with Gasteiger partial charge in [0.1, 0.15) is 0 Å². The number of rotatable bonds is 5. The molecule has 0 aromatic rings. The van der Waals surface area contributed by atoms with Crippen molar-refractivity contribution in [3.63, 3.8) is 0 Å². The minimum atomic E-state index is -2.49. The Morgan fingerprint density at radius 2 is 2.09 bits per heavy atom. The molecule has 1 aliphatic carbocycles. The Kier molecular flexibility index (Phi) is 8.00. The molecule has 1 heterocycles. The van der Waals surface area contributed by atoms with Crippen LogP contribution in [0.2, 0.25) is 0 Å². The standard InChI is InChI=1S/C15H27F2N3O.ClH/c16-15(17)5-1-3-12(9-15)10-20-8-2-4-13(11-20)14(21)19-7-6-18;/h12-13H,1-11,18H2,(H,19,21);1H. The highest BCUT2D eigenvalue weighted by atomic mass is 35.5. The third kappa shape index (κ3) is 5.97. The molecule has 1 amide bonds. The summed E-state index contributed by atoms with van der Waals surface area (Å²) in [7, 11) is 0. The summed E-state index contributed by atoms with van der Waals surface area (Å²) in [6.45, 7) is 3.26. The number of likely N-dealkylation sites (tertiary alicyclic amines) is 1. The SMILES string of the molecule is Cl.NCCNC(=O)C1CCCN(CC2CCCC(F)(F)C2)C1. The quantitative estimate of drug-likeness (QED) is 0.805. The van der Waals surface area contributed by atoms with Crippen molar-refractivity contribution in [3.05, 3.63) is 0 Å². The number of hydrogen-bond donors (Lipinski definition) is 2. The van der Waals surface area contributed by atoms with E-state index in [9.17, 15) is 13.6 Å². The summed E-state index contributed by atoms with van der Waals surface area (Å²) in [6.07, 6.45) is 3.39. The van der Waals surface area contributed by atoms with Gasteiger partial charge in [-0.3, -0.25) is 4.79 Å². The highest BCUT2D eigenvalue weighted by Gasteiger charge is 2.37. The maximum atomic E-state index is 13.5. The zero-order valence-electron chi connectivity index (χ0n) is 13.0. The van der Waals surface area contributed by atoms with E-state index in [1.54, 1.807) is 0 Å². The molecule has 0 bridgehead atoms. The summed E-state index contributed by atoms with van der Waals surface area (Å²) >= 11 is 0. The second kappa shape index (κ2) is 8.99. The highest BCUT2D eigenvalue weighted by molar-refractivity contribution is 5.85. The second-order valence-electron chi connectivity index (χ2n) is 6.50. The molecule has 0 aromatic carbocycles. The van der Waals surface area contributed by atoms with Crippen molar-refractivity contribution < 1.29 is 13.6 Å². The summed E-state index contributed by atoms with van der Waals surface area (Å²) < 4.78 is 26.9. The average Bonchev–Trinajstić information content (AvgIpc) is 2.44. The summed E-state index contributed by atoms with van der Waals surface area (Å²) in [6, 6.07) is 0. The van der Waals surface area contributed by atoms with E-state index in [2.05, 4.69) is 10.2 Å². The van der Waals surface area contributed by atoms with Crippen LogP contribution in [0, 0.1) is 11.8 Å². The number of hydrogen-bond acceptors (Lipinski definition) is 3. The van der Waals surface area contributed by atoms with Gasteiger partial charge in [-0.05, 0) is 38.1 Å². The zero-order chi connectivity index (χ0) is 15.3. The highest BCUT2D eigenvalue weighted by Crippen LogP contribution is 2.37. The van der Waals surface area contributed by atoms with Crippen LogP contribution in [0.5, 0.6) is 0 Å². The number of carbonyl (C=O) groups is 1. The van der Waals surface area contributed by atoms with Gasteiger partial charge in [0, 0.05) is 39.0 Å². The zero-order valence-corrected chi connectivity index (χ0v) is 13.8. The van der Waals surface area contributed by atoms with Crippen LogP contribution in [0.15, 0.2) is 0 Å². The molecule has 2 atom stereocenters. The van der Waals surface area contributed by atoms with Crippen LogP contribution in [-0.2, 0) is 4.79 Å². The molecular formula is C15H28ClF2N3O. The molecule has 1 aliphatic heterocycles. The molecule has 4 nitrogen and oxygen atoms in total. The topological polar surface area (TPSA) is 58.4 Å². The fourth-order valence-electron chi connectivity index (χ4n) is 3.57. The Morgan fingerprint density at radius 1 is 1.32 bits per heavy atom. The van der Waals surface area contributed by atoms with Crippen molar-refractivity contribution >= 4 is 18.3 Å². The van der Waals surface area contributed by atoms with Crippen LogP contribution in [-0.4, -0.2) is 49.5 Å². The lowest BCUT2D eigenvalue weighted by Crippen LogP contribution is -2.46. The van der Waals surface area contributed by atoms with E-state index in [1.807, 2.05) is 0 Å². The average molecular weight is 340 g/mol. The molecule has 2 aliphatic rings. The van der Waals surface area contributed by atoms with Gasteiger partial charge in [0.2, 0.25) is 11.8 Å². The molecule has 2 unspecified atom stereocenters. The maximum absolute atomic E-state index is 13.5. The summed E-state index contributed by atoms with van der Waals surface area (Å²) in [5.41, 5.74) is 5.39. The first-order chi connectivity index (χ1) is 10.00. The minimum Gasteiger partial charge on any atom is -0.355 e. The van der Waals surface area contributed by atoms with Gasteiger partial charge in [-0.1, -0.05) is 0 Å². The first-order valence-electron chi connectivity index (χ1n) is 8.08. The van der Waals surface area contributed by atoms with Crippen molar-refractivity contribution in [1.29, 1.82) is 0 Å². The lowest BCUT2D eigenvalue weighted by atomic mass is 9.85. The Balaban J connectivity index is 0.00000242. The molecule has 22 heavy (non-hydrogen) atoms. The molecule has 0 spiro atoms. The molecule has 3 N–H and O–H groups in total. The molecule has 1 saturated carbocycles.